The molecule has 1 saturated heterocycles. The molecule has 3 aliphatic rings. The molecule has 1 fully saturated rings. The molecule has 2 aliphatic carbocycles. The third-order valence-corrected chi connectivity index (χ3v) is 7.31. The lowest BCUT2D eigenvalue weighted by molar-refractivity contribution is -0.145. The molecular formula is C24H35NO4. The Morgan fingerprint density at radius 3 is 2.48 bits per heavy atom. The van der Waals surface area contributed by atoms with Gasteiger partial charge >= 0.3 is 0 Å². The number of hydrogen-bond donors (Lipinski definition) is 2. The molecule has 6 atom stereocenters. The summed E-state index contributed by atoms with van der Waals surface area (Å²) in [5.74, 6) is -0.438. The number of rotatable bonds is 2. The number of aliphatic hydroxyl groups is 1. The van der Waals surface area contributed by atoms with Gasteiger partial charge in [0.2, 0.25) is 5.91 Å². The first-order chi connectivity index (χ1) is 13.6. The normalized spacial score (nSPS) is 40.4. The Bertz CT molecular complexity index is 765. The second kappa shape index (κ2) is 8.17. The molecule has 1 amide bonds. The van der Waals surface area contributed by atoms with E-state index in [-0.39, 0.29) is 60.5 Å². The van der Waals surface area contributed by atoms with Crippen LogP contribution in [0.15, 0.2) is 23.3 Å². The van der Waals surface area contributed by atoms with E-state index in [0.717, 1.165) is 12.0 Å². The number of nitrogens with one attached hydrogen (secondary N) is 1. The average Bonchev–Trinajstić information content (AvgIpc) is 2.93. The second-order valence-electron chi connectivity index (χ2n) is 9.79. The Balaban J connectivity index is 2.16. The molecule has 0 unspecified atom stereocenters. The summed E-state index contributed by atoms with van der Waals surface area (Å²) in [5, 5.41) is 13.4. The van der Waals surface area contributed by atoms with E-state index in [1.165, 1.54) is 5.57 Å². The number of Topliss-reactive ketones (excluding diaryl/α,β-unsaturated/α-hetero) is 2. The number of amides is 1. The molecule has 0 aromatic carbocycles. The fourth-order valence-electron chi connectivity index (χ4n) is 5.72. The quantitative estimate of drug-likeness (QED) is 0.549. The molecule has 29 heavy (non-hydrogen) atoms. The molecule has 1 heterocycles. The minimum atomic E-state index is -1.15. The minimum Gasteiger partial charge on any atom is -0.385 e. The summed E-state index contributed by atoms with van der Waals surface area (Å²) in [4.78, 5) is 39.4. The minimum absolute atomic E-state index is 0.0435. The summed E-state index contributed by atoms with van der Waals surface area (Å²) in [7, 11) is 0. The highest BCUT2D eigenvalue weighted by Crippen LogP contribution is 2.55. The SMILES string of the molecule is CC1=C[C@@H]2/C=C(/C)CCC(=O)[C@@H](O)CCC(=O)[C@]23C(=O)N[C@@H](CC(C)C)[C@@H]3[C@@H]1C. The van der Waals surface area contributed by atoms with E-state index in [1.54, 1.807) is 0 Å². The largest absolute Gasteiger partial charge is 0.385 e. The zero-order valence-electron chi connectivity index (χ0n) is 18.3. The highest BCUT2D eigenvalue weighted by atomic mass is 16.3. The van der Waals surface area contributed by atoms with Gasteiger partial charge < -0.3 is 10.4 Å². The predicted molar refractivity (Wildman–Crippen MR) is 112 cm³/mol. The first-order valence-electron chi connectivity index (χ1n) is 11.0. The van der Waals surface area contributed by atoms with Gasteiger partial charge in [0, 0.05) is 30.7 Å². The summed E-state index contributed by atoms with van der Waals surface area (Å²) in [6, 6.07) is -0.0435. The zero-order chi connectivity index (χ0) is 21.5. The third-order valence-electron chi connectivity index (χ3n) is 7.31. The Hall–Kier alpha value is -1.75. The first-order valence-corrected chi connectivity index (χ1v) is 11.0. The zero-order valence-corrected chi connectivity index (χ0v) is 18.3. The van der Waals surface area contributed by atoms with Gasteiger partial charge in [-0.15, -0.1) is 0 Å². The molecule has 0 saturated carbocycles. The standard InChI is InChI=1S/C24H35NO4/c1-13(2)10-18-22-16(5)15(4)12-17-11-14(3)6-7-19(26)20(27)8-9-21(28)24(17,22)23(29)25-18/h11-13,16-18,20,22,27H,6-10H2,1-5H3,(H,25,29)/b14-11-/t16-,17+,18+,20+,22+,24-/m1/s1. The Kier molecular flexibility index (Phi) is 6.19. The molecule has 5 heteroatoms. The van der Waals surface area contributed by atoms with Gasteiger partial charge in [0.15, 0.2) is 5.78 Å². The van der Waals surface area contributed by atoms with Gasteiger partial charge in [-0.2, -0.15) is 0 Å². The highest BCUT2D eigenvalue weighted by Gasteiger charge is 2.65. The summed E-state index contributed by atoms with van der Waals surface area (Å²) >= 11 is 0. The topological polar surface area (TPSA) is 83.5 Å². The number of allylic oxidation sites excluding steroid dienone is 4. The van der Waals surface area contributed by atoms with E-state index in [1.807, 2.05) is 13.0 Å². The van der Waals surface area contributed by atoms with E-state index in [4.69, 9.17) is 0 Å². The third kappa shape index (κ3) is 3.74. The van der Waals surface area contributed by atoms with E-state index in [2.05, 4.69) is 39.1 Å². The molecule has 2 N–H and O–H groups in total. The van der Waals surface area contributed by atoms with E-state index in [0.29, 0.717) is 12.3 Å². The van der Waals surface area contributed by atoms with Crippen molar-refractivity contribution in [3.05, 3.63) is 23.3 Å². The molecule has 5 nitrogen and oxygen atoms in total. The van der Waals surface area contributed by atoms with Crippen LogP contribution in [-0.4, -0.2) is 34.7 Å². The lowest BCUT2D eigenvalue weighted by Crippen LogP contribution is -2.52. The number of carbonyl (C=O) groups excluding carboxylic acids is 3. The summed E-state index contributed by atoms with van der Waals surface area (Å²) in [5.41, 5.74) is 1.05. The Labute approximate surface area is 174 Å². The number of aliphatic hydroxyl groups excluding tert-OH is 1. The molecule has 0 aromatic rings. The number of ketones is 2. The lowest BCUT2D eigenvalue weighted by Gasteiger charge is -2.45. The van der Waals surface area contributed by atoms with Gasteiger partial charge in [0.1, 0.15) is 17.3 Å². The predicted octanol–water partition coefficient (Wildman–Crippen LogP) is 3.37. The van der Waals surface area contributed by atoms with Gasteiger partial charge in [-0.1, -0.05) is 44.1 Å². The Morgan fingerprint density at radius 1 is 1.14 bits per heavy atom. The second-order valence-corrected chi connectivity index (χ2v) is 9.79. The maximum Gasteiger partial charge on any atom is 0.235 e. The lowest BCUT2D eigenvalue weighted by atomic mass is 9.54. The molecular weight excluding hydrogens is 366 g/mol. The van der Waals surface area contributed by atoms with Crippen molar-refractivity contribution in [2.75, 3.05) is 0 Å². The number of hydrogen-bond acceptors (Lipinski definition) is 4. The van der Waals surface area contributed by atoms with Crippen LogP contribution in [0.25, 0.3) is 0 Å². The molecule has 3 rings (SSSR count). The molecule has 1 aliphatic heterocycles. The van der Waals surface area contributed by atoms with Crippen LogP contribution in [0.3, 0.4) is 0 Å². The molecule has 0 bridgehead atoms. The molecule has 1 spiro atoms. The van der Waals surface area contributed by atoms with E-state index in [9.17, 15) is 19.5 Å². The summed E-state index contributed by atoms with van der Waals surface area (Å²) in [6.07, 6.45) is 4.78. The van der Waals surface area contributed by atoms with Crippen LogP contribution >= 0.6 is 0 Å². The monoisotopic (exact) mass is 401 g/mol. The van der Waals surface area contributed by atoms with Crippen molar-refractivity contribution in [3.63, 3.8) is 0 Å². The van der Waals surface area contributed by atoms with Crippen molar-refractivity contribution in [2.24, 2.45) is 29.1 Å². The Morgan fingerprint density at radius 2 is 1.83 bits per heavy atom. The average molecular weight is 402 g/mol. The van der Waals surface area contributed by atoms with E-state index >= 15 is 0 Å². The first kappa shape index (κ1) is 21.9. The molecule has 0 aromatic heterocycles. The maximum absolute atomic E-state index is 13.7. The van der Waals surface area contributed by atoms with Crippen molar-refractivity contribution in [3.8, 4) is 0 Å². The number of carbonyl (C=O) groups is 3. The van der Waals surface area contributed by atoms with Crippen LogP contribution in [0, 0.1) is 29.1 Å². The van der Waals surface area contributed by atoms with Crippen LogP contribution in [-0.2, 0) is 14.4 Å². The van der Waals surface area contributed by atoms with Crippen LogP contribution in [0.1, 0.15) is 66.7 Å². The van der Waals surface area contributed by atoms with Gasteiger partial charge in [0.05, 0.1) is 0 Å². The van der Waals surface area contributed by atoms with Crippen LogP contribution in [0.5, 0.6) is 0 Å². The van der Waals surface area contributed by atoms with Crippen molar-refractivity contribution < 1.29 is 19.5 Å². The van der Waals surface area contributed by atoms with Crippen molar-refractivity contribution in [1.29, 1.82) is 0 Å². The smallest absolute Gasteiger partial charge is 0.235 e. The van der Waals surface area contributed by atoms with Crippen LogP contribution in [0.2, 0.25) is 0 Å². The van der Waals surface area contributed by atoms with E-state index < -0.39 is 11.5 Å². The van der Waals surface area contributed by atoms with Crippen LogP contribution in [0.4, 0.5) is 0 Å². The van der Waals surface area contributed by atoms with Crippen LogP contribution < -0.4 is 5.32 Å². The fourth-order valence-corrected chi connectivity index (χ4v) is 5.72. The highest BCUT2D eigenvalue weighted by molar-refractivity contribution is 6.09. The summed E-state index contributed by atoms with van der Waals surface area (Å²) in [6.45, 7) is 10.4. The van der Waals surface area contributed by atoms with Crippen molar-refractivity contribution >= 4 is 17.5 Å². The van der Waals surface area contributed by atoms with Gasteiger partial charge in [-0.05, 0) is 44.9 Å². The maximum atomic E-state index is 13.7. The van der Waals surface area contributed by atoms with Gasteiger partial charge in [-0.25, -0.2) is 0 Å². The summed E-state index contributed by atoms with van der Waals surface area (Å²) < 4.78 is 0. The van der Waals surface area contributed by atoms with Gasteiger partial charge in [-0.3, -0.25) is 14.4 Å². The fraction of sp³-hybridized carbons (Fsp3) is 0.708. The molecule has 0 radical (unpaired) electrons. The molecule has 160 valence electrons. The van der Waals surface area contributed by atoms with Gasteiger partial charge in [0.25, 0.3) is 0 Å². The van der Waals surface area contributed by atoms with Crippen molar-refractivity contribution in [1.82, 2.24) is 5.32 Å². The van der Waals surface area contributed by atoms with Crippen molar-refractivity contribution in [2.45, 2.75) is 78.9 Å².